The molecule has 1 spiro atoms. The highest BCUT2D eigenvalue weighted by Crippen LogP contribution is 2.55. The largest absolute Gasteiger partial charge is 0.347 e. The molecule has 0 aromatic heterocycles. The molecule has 2 aromatic rings. The fourth-order valence-corrected chi connectivity index (χ4v) is 4.93. The van der Waals surface area contributed by atoms with Gasteiger partial charge in [-0.3, -0.25) is 10.1 Å². The third kappa shape index (κ3) is 2.72. The number of hydrogen-bond donors (Lipinski definition) is 0. The summed E-state index contributed by atoms with van der Waals surface area (Å²) in [7, 11) is 0. The molecule has 1 heterocycles. The van der Waals surface area contributed by atoms with Gasteiger partial charge < -0.3 is 9.47 Å². The molecule has 0 radical (unpaired) electrons. The molecule has 1 atom stereocenters. The van der Waals surface area contributed by atoms with Crippen molar-refractivity contribution < 1.29 is 14.4 Å². The van der Waals surface area contributed by atoms with Crippen LogP contribution in [0.2, 0.25) is 0 Å². The summed E-state index contributed by atoms with van der Waals surface area (Å²) < 4.78 is 12.1. The third-order valence-corrected chi connectivity index (χ3v) is 5.91. The smallest absolute Gasteiger partial charge is 0.213 e. The van der Waals surface area contributed by atoms with Crippen LogP contribution in [-0.2, 0) is 14.9 Å². The molecule has 1 saturated carbocycles. The summed E-state index contributed by atoms with van der Waals surface area (Å²) in [5.74, 6) is -1.26. The van der Waals surface area contributed by atoms with E-state index in [1.165, 1.54) is 0 Å². The Morgan fingerprint density at radius 3 is 1.96 bits per heavy atom. The number of rotatable bonds is 4. The van der Waals surface area contributed by atoms with Gasteiger partial charge >= 0.3 is 0 Å². The first kappa shape index (κ1) is 17.2. The lowest BCUT2D eigenvalue weighted by Crippen LogP contribution is -2.57. The second kappa shape index (κ2) is 6.82. The lowest BCUT2D eigenvalue weighted by molar-refractivity contribution is -0.501. The summed E-state index contributed by atoms with van der Waals surface area (Å²) in [6, 6.07) is 20.3. The van der Waals surface area contributed by atoms with Crippen molar-refractivity contribution in [2.75, 3.05) is 19.8 Å². The van der Waals surface area contributed by atoms with Crippen LogP contribution >= 0.6 is 0 Å². The highest BCUT2D eigenvalue weighted by Gasteiger charge is 2.60. The first-order valence-corrected chi connectivity index (χ1v) is 9.18. The van der Waals surface area contributed by atoms with Crippen LogP contribution in [-0.4, -0.2) is 30.5 Å². The summed E-state index contributed by atoms with van der Waals surface area (Å²) >= 11 is 0. The van der Waals surface area contributed by atoms with Crippen molar-refractivity contribution in [3.63, 3.8) is 0 Å². The summed E-state index contributed by atoms with van der Waals surface area (Å²) in [5, 5.41) is 11.7. The van der Waals surface area contributed by atoms with Crippen LogP contribution < -0.4 is 0 Å². The van der Waals surface area contributed by atoms with Crippen molar-refractivity contribution in [1.82, 2.24) is 0 Å². The van der Waals surface area contributed by atoms with Crippen molar-refractivity contribution in [2.24, 2.45) is 5.92 Å². The minimum atomic E-state index is -0.878. The molecule has 5 nitrogen and oxygen atoms in total. The minimum Gasteiger partial charge on any atom is -0.347 e. The van der Waals surface area contributed by atoms with Crippen molar-refractivity contribution in [2.45, 2.75) is 30.5 Å². The molecule has 136 valence electrons. The maximum Gasteiger partial charge on any atom is 0.213 e. The molecule has 1 aliphatic heterocycles. The van der Waals surface area contributed by atoms with Gasteiger partial charge in [-0.05, 0) is 24.0 Å². The number of nitro groups is 1. The summed E-state index contributed by atoms with van der Waals surface area (Å²) in [4.78, 5) is 11.4. The standard InChI is InChI=1S/C21H23NO4/c23-22(24)16-19-20(17-8-3-1-4-9-17,18-10-5-2-6-11-18)12-7-13-21(19)25-14-15-26-21/h1-6,8-11,19H,7,12-16H2/t19-/m1/s1. The molecule has 0 amide bonds. The van der Waals surface area contributed by atoms with Crippen LogP contribution in [0.5, 0.6) is 0 Å². The van der Waals surface area contributed by atoms with Gasteiger partial charge in [-0.1, -0.05) is 60.7 Å². The van der Waals surface area contributed by atoms with E-state index in [0.717, 1.165) is 24.0 Å². The monoisotopic (exact) mass is 353 g/mol. The van der Waals surface area contributed by atoms with Gasteiger partial charge in [0.15, 0.2) is 5.79 Å². The summed E-state index contributed by atoms with van der Waals surface area (Å²) in [6.45, 7) is 0.811. The van der Waals surface area contributed by atoms with Gasteiger partial charge in [0.05, 0.1) is 19.1 Å². The molecule has 0 unspecified atom stereocenters. The first-order chi connectivity index (χ1) is 12.7. The normalized spacial score (nSPS) is 23.8. The molecule has 0 bridgehead atoms. The Morgan fingerprint density at radius 1 is 0.923 bits per heavy atom. The van der Waals surface area contributed by atoms with Gasteiger partial charge in [0.1, 0.15) is 0 Å². The van der Waals surface area contributed by atoms with Crippen molar-refractivity contribution in [1.29, 1.82) is 0 Å². The van der Waals surface area contributed by atoms with E-state index in [0.29, 0.717) is 19.6 Å². The van der Waals surface area contributed by atoms with Crippen LogP contribution in [0.3, 0.4) is 0 Å². The Labute approximate surface area is 153 Å². The molecule has 2 aromatic carbocycles. The van der Waals surface area contributed by atoms with E-state index < -0.39 is 11.2 Å². The zero-order valence-electron chi connectivity index (χ0n) is 14.7. The topological polar surface area (TPSA) is 61.6 Å². The number of ether oxygens (including phenoxy) is 2. The van der Waals surface area contributed by atoms with Crippen LogP contribution in [0, 0.1) is 16.0 Å². The Balaban J connectivity index is 1.94. The zero-order valence-corrected chi connectivity index (χ0v) is 14.7. The van der Waals surface area contributed by atoms with E-state index in [1.807, 2.05) is 36.4 Å². The fraction of sp³-hybridized carbons (Fsp3) is 0.429. The lowest BCUT2D eigenvalue weighted by Gasteiger charge is -2.51. The average molecular weight is 353 g/mol. The maximum atomic E-state index is 11.7. The summed E-state index contributed by atoms with van der Waals surface area (Å²) in [5.41, 5.74) is 1.69. The molecule has 26 heavy (non-hydrogen) atoms. The van der Waals surface area contributed by atoms with E-state index >= 15 is 0 Å². The van der Waals surface area contributed by atoms with Crippen molar-refractivity contribution in [3.8, 4) is 0 Å². The molecular formula is C21H23NO4. The Bertz CT molecular complexity index is 717. The molecule has 2 aliphatic rings. The van der Waals surface area contributed by atoms with E-state index in [-0.39, 0.29) is 17.4 Å². The predicted octanol–water partition coefficient (Wildman–Crippen LogP) is 3.79. The average Bonchev–Trinajstić information content (AvgIpc) is 3.14. The van der Waals surface area contributed by atoms with Gasteiger partial charge in [0.25, 0.3) is 0 Å². The molecular weight excluding hydrogens is 330 g/mol. The minimum absolute atomic E-state index is 0.177. The van der Waals surface area contributed by atoms with Gasteiger partial charge in [-0.25, -0.2) is 0 Å². The number of hydrogen-bond acceptors (Lipinski definition) is 4. The molecule has 5 heteroatoms. The zero-order chi connectivity index (χ0) is 18.0. The summed E-state index contributed by atoms with van der Waals surface area (Å²) in [6.07, 6.45) is 2.44. The van der Waals surface area contributed by atoms with Gasteiger partial charge in [-0.15, -0.1) is 0 Å². The quantitative estimate of drug-likeness (QED) is 0.620. The van der Waals surface area contributed by atoms with Crippen molar-refractivity contribution in [3.05, 3.63) is 81.9 Å². The predicted molar refractivity (Wildman–Crippen MR) is 97.5 cm³/mol. The second-order valence-electron chi connectivity index (χ2n) is 7.13. The van der Waals surface area contributed by atoms with Crippen LogP contribution in [0.25, 0.3) is 0 Å². The Kier molecular flexibility index (Phi) is 4.51. The van der Waals surface area contributed by atoms with Gasteiger partial charge in [-0.2, -0.15) is 0 Å². The highest BCUT2D eigenvalue weighted by atomic mass is 16.7. The van der Waals surface area contributed by atoms with Crippen molar-refractivity contribution >= 4 is 0 Å². The Hall–Kier alpha value is -2.24. The van der Waals surface area contributed by atoms with E-state index in [9.17, 15) is 10.1 Å². The second-order valence-corrected chi connectivity index (χ2v) is 7.13. The number of nitrogens with zero attached hydrogens (tertiary/aromatic N) is 1. The van der Waals surface area contributed by atoms with E-state index in [2.05, 4.69) is 24.3 Å². The number of benzene rings is 2. The van der Waals surface area contributed by atoms with Gasteiger partial charge in [0, 0.05) is 16.8 Å². The molecule has 1 saturated heterocycles. The Morgan fingerprint density at radius 2 is 1.46 bits per heavy atom. The fourth-order valence-electron chi connectivity index (χ4n) is 4.93. The van der Waals surface area contributed by atoms with Gasteiger partial charge in [0.2, 0.25) is 6.54 Å². The van der Waals surface area contributed by atoms with Crippen LogP contribution in [0.15, 0.2) is 60.7 Å². The molecule has 2 fully saturated rings. The van der Waals surface area contributed by atoms with Crippen LogP contribution in [0.1, 0.15) is 30.4 Å². The van der Waals surface area contributed by atoms with E-state index in [1.54, 1.807) is 0 Å². The van der Waals surface area contributed by atoms with Crippen LogP contribution in [0.4, 0.5) is 0 Å². The molecule has 1 aliphatic carbocycles. The highest BCUT2D eigenvalue weighted by molar-refractivity contribution is 5.42. The van der Waals surface area contributed by atoms with E-state index in [4.69, 9.17) is 9.47 Å². The maximum absolute atomic E-state index is 11.7. The molecule has 0 N–H and O–H groups in total. The lowest BCUT2D eigenvalue weighted by atomic mass is 9.57. The molecule has 4 rings (SSSR count). The third-order valence-electron chi connectivity index (χ3n) is 5.91. The first-order valence-electron chi connectivity index (χ1n) is 9.18. The SMILES string of the molecule is O=[N+]([O-])C[C@H]1C2(CCCC1(c1ccccc1)c1ccccc1)OCCO2.